The van der Waals surface area contributed by atoms with Crippen LogP contribution in [0.4, 0.5) is 0 Å². The van der Waals surface area contributed by atoms with Crippen molar-refractivity contribution in [3.8, 4) is 5.75 Å². The third-order valence-electron chi connectivity index (χ3n) is 4.52. The van der Waals surface area contributed by atoms with Crippen LogP contribution in [-0.4, -0.2) is 30.4 Å². The van der Waals surface area contributed by atoms with Crippen LogP contribution in [0.25, 0.3) is 10.9 Å². The molecule has 3 aromatic rings. The Morgan fingerprint density at radius 2 is 2.04 bits per heavy atom. The fraction of sp³-hybridized carbons (Fsp3) is 0.261. The van der Waals surface area contributed by atoms with Crippen LogP contribution >= 0.6 is 11.8 Å². The Morgan fingerprint density at radius 1 is 1.25 bits per heavy atom. The van der Waals surface area contributed by atoms with Crippen LogP contribution in [0.5, 0.6) is 5.75 Å². The summed E-state index contributed by atoms with van der Waals surface area (Å²) >= 11 is 1.62. The van der Waals surface area contributed by atoms with E-state index in [9.17, 15) is 4.79 Å². The number of aromatic nitrogens is 1. The minimum Gasteiger partial charge on any atom is -0.490 e. The summed E-state index contributed by atoms with van der Waals surface area (Å²) in [7, 11) is 0. The fourth-order valence-electron chi connectivity index (χ4n) is 3.27. The van der Waals surface area contributed by atoms with Gasteiger partial charge in [0.1, 0.15) is 18.3 Å². The molecule has 28 heavy (non-hydrogen) atoms. The monoisotopic (exact) mass is 395 g/mol. The number of hydrogen-bond acceptors (Lipinski definition) is 4. The molecular weight excluding hydrogens is 370 g/mol. The first kappa shape index (κ1) is 20.1. The molecule has 0 aliphatic heterocycles. The van der Waals surface area contributed by atoms with Gasteiger partial charge in [-0.05, 0) is 43.4 Å². The summed E-state index contributed by atoms with van der Waals surface area (Å²) in [5, 5.41) is 1.05. The van der Waals surface area contributed by atoms with Crippen LogP contribution in [0.15, 0.2) is 66.1 Å². The molecule has 1 unspecified atom stereocenters. The molecule has 0 spiro atoms. The Hall–Kier alpha value is -2.66. The van der Waals surface area contributed by atoms with E-state index in [4.69, 9.17) is 9.47 Å². The van der Waals surface area contributed by atoms with Crippen molar-refractivity contribution in [2.45, 2.75) is 24.2 Å². The standard InChI is InChI=1S/C23H25NO3S/c1-4-13-27-17-11-12-20-18(15-17)22(28-3)21(24-20)19(23(25)26-5-2)14-16-9-7-6-8-10-16/h4,6-12,15,19,24H,1,5,13-14H2,2-3H3. The maximum atomic E-state index is 12.8. The minimum absolute atomic E-state index is 0.212. The van der Waals surface area contributed by atoms with Gasteiger partial charge >= 0.3 is 5.97 Å². The maximum absolute atomic E-state index is 12.8. The lowest BCUT2D eigenvalue weighted by Crippen LogP contribution is -2.19. The molecule has 4 nitrogen and oxygen atoms in total. The van der Waals surface area contributed by atoms with Crippen LogP contribution in [0.1, 0.15) is 24.1 Å². The molecule has 1 heterocycles. The predicted molar refractivity (Wildman–Crippen MR) is 115 cm³/mol. The number of H-pyrrole nitrogens is 1. The van der Waals surface area contributed by atoms with Gasteiger partial charge in [0.15, 0.2) is 0 Å². The Labute approximate surface area is 169 Å². The summed E-state index contributed by atoms with van der Waals surface area (Å²) in [6.07, 6.45) is 4.33. The molecule has 0 fully saturated rings. The van der Waals surface area contributed by atoms with Gasteiger partial charge in [0, 0.05) is 21.5 Å². The number of hydrogen-bond donors (Lipinski definition) is 1. The van der Waals surface area contributed by atoms with E-state index in [0.29, 0.717) is 19.6 Å². The number of carbonyl (C=O) groups excluding carboxylic acids is 1. The van der Waals surface area contributed by atoms with Gasteiger partial charge in [0.25, 0.3) is 0 Å². The Kier molecular flexibility index (Phi) is 6.82. The molecule has 3 rings (SSSR count). The molecule has 146 valence electrons. The third-order valence-corrected chi connectivity index (χ3v) is 5.37. The van der Waals surface area contributed by atoms with E-state index in [1.807, 2.05) is 61.7 Å². The van der Waals surface area contributed by atoms with Crippen LogP contribution in [-0.2, 0) is 16.0 Å². The van der Waals surface area contributed by atoms with Crippen LogP contribution in [0.3, 0.4) is 0 Å². The first-order chi connectivity index (χ1) is 13.7. The van der Waals surface area contributed by atoms with Gasteiger partial charge < -0.3 is 14.5 Å². The number of thioether (sulfide) groups is 1. The van der Waals surface area contributed by atoms with E-state index < -0.39 is 5.92 Å². The van der Waals surface area contributed by atoms with Crippen molar-refractivity contribution in [2.24, 2.45) is 0 Å². The topological polar surface area (TPSA) is 51.3 Å². The highest BCUT2D eigenvalue weighted by Gasteiger charge is 2.28. The second-order valence-electron chi connectivity index (χ2n) is 6.37. The fourth-order valence-corrected chi connectivity index (χ4v) is 4.08. The SMILES string of the molecule is C=CCOc1ccc2[nH]c(C(Cc3ccccc3)C(=O)OCC)c(SC)c2c1. The van der Waals surface area contributed by atoms with E-state index >= 15 is 0 Å². The van der Waals surface area contributed by atoms with Gasteiger partial charge in [0.05, 0.1) is 6.61 Å². The number of benzene rings is 2. The summed E-state index contributed by atoms with van der Waals surface area (Å²) in [6, 6.07) is 15.9. The highest BCUT2D eigenvalue weighted by Crippen LogP contribution is 2.38. The second kappa shape index (κ2) is 9.51. The van der Waals surface area contributed by atoms with Crippen LogP contribution in [0.2, 0.25) is 0 Å². The lowest BCUT2D eigenvalue weighted by Gasteiger charge is -2.16. The molecule has 1 aromatic heterocycles. The lowest BCUT2D eigenvalue weighted by molar-refractivity contribution is -0.145. The van der Waals surface area contributed by atoms with E-state index in [0.717, 1.165) is 32.8 Å². The lowest BCUT2D eigenvalue weighted by atomic mass is 9.96. The number of fused-ring (bicyclic) bond motifs is 1. The summed E-state index contributed by atoms with van der Waals surface area (Å²) in [5.74, 6) is 0.176. The molecule has 0 aliphatic rings. The molecule has 0 bridgehead atoms. The molecule has 0 aliphatic carbocycles. The number of aromatic amines is 1. The zero-order valence-electron chi connectivity index (χ0n) is 16.2. The molecule has 2 aromatic carbocycles. The van der Waals surface area contributed by atoms with Crippen LogP contribution < -0.4 is 4.74 Å². The Balaban J connectivity index is 2.04. The Morgan fingerprint density at radius 3 is 2.71 bits per heavy atom. The summed E-state index contributed by atoms with van der Waals surface area (Å²) in [5.41, 5.74) is 2.97. The van der Waals surface area contributed by atoms with Crippen molar-refractivity contribution >= 4 is 28.6 Å². The average molecular weight is 396 g/mol. The molecule has 0 saturated carbocycles. The number of nitrogens with one attached hydrogen (secondary N) is 1. The second-order valence-corrected chi connectivity index (χ2v) is 7.19. The van der Waals surface area contributed by atoms with Gasteiger partial charge in [-0.25, -0.2) is 0 Å². The minimum atomic E-state index is -0.394. The molecule has 0 amide bonds. The van der Waals surface area contributed by atoms with Crippen molar-refractivity contribution in [1.29, 1.82) is 0 Å². The number of rotatable bonds is 9. The summed E-state index contributed by atoms with van der Waals surface area (Å²) < 4.78 is 11.1. The quantitative estimate of drug-likeness (QED) is 0.302. The molecular formula is C23H25NO3S. The largest absolute Gasteiger partial charge is 0.490 e. The smallest absolute Gasteiger partial charge is 0.315 e. The third kappa shape index (κ3) is 4.42. The molecule has 1 atom stereocenters. The summed E-state index contributed by atoms with van der Waals surface area (Å²) in [4.78, 5) is 17.3. The number of carbonyl (C=O) groups is 1. The molecule has 0 radical (unpaired) electrons. The highest BCUT2D eigenvalue weighted by atomic mass is 32.2. The first-order valence-electron chi connectivity index (χ1n) is 9.31. The van der Waals surface area contributed by atoms with Gasteiger partial charge in [-0.15, -0.1) is 11.8 Å². The highest BCUT2D eigenvalue weighted by molar-refractivity contribution is 7.98. The van der Waals surface area contributed by atoms with Crippen molar-refractivity contribution in [3.05, 3.63) is 72.4 Å². The van der Waals surface area contributed by atoms with Gasteiger partial charge in [0.2, 0.25) is 0 Å². The van der Waals surface area contributed by atoms with Crippen molar-refractivity contribution in [1.82, 2.24) is 4.98 Å². The zero-order chi connectivity index (χ0) is 19.9. The number of ether oxygens (including phenoxy) is 2. The van der Waals surface area contributed by atoms with Crippen LogP contribution in [0, 0.1) is 0 Å². The maximum Gasteiger partial charge on any atom is 0.315 e. The average Bonchev–Trinajstić information content (AvgIpc) is 3.08. The van der Waals surface area contributed by atoms with Crippen molar-refractivity contribution in [3.63, 3.8) is 0 Å². The van der Waals surface area contributed by atoms with E-state index in [1.165, 1.54) is 0 Å². The van der Waals surface area contributed by atoms with Gasteiger partial charge in [-0.2, -0.15) is 0 Å². The van der Waals surface area contributed by atoms with Crippen molar-refractivity contribution in [2.75, 3.05) is 19.5 Å². The normalized spacial score (nSPS) is 11.9. The van der Waals surface area contributed by atoms with E-state index in [2.05, 4.69) is 11.6 Å². The molecule has 1 N–H and O–H groups in total. The summed E-state index contributed by atoms with van der Waals surface area (Å²) in [6.45, 7) is 6.34. The molecule has 5 heteroatoms. The van der Waals surface area contributed by atoms with Gasteiger partial charge in [-0.3, -0.25) is 4.79 Å². The van der Waals surface area contributed by atoms with Crippen molar-refractivity contribution < 1.29 is 14.3 Å². The first-order valence-corrected chi connectivity index (χ1v) is 10.5. The molecule has 0 saturated heterocycles. The Bertz CT molecular complexity index is 949. The van der Waals surface area contributed by atoms with Gasteiger partial charge in [-0.1, -0.05) is 43.0 Å². The number of esters is 1. The van der Waals surface area contributed by atoms with E-state index in [1.54, 1.807) is 17.8 Å². The van der Waals surface area contributed by atoms with E-state index in [-0.39, 0.29) is 5.97 Å². The zero-order valence-corrected chi connectivity index (χ0v) is 17.1. The predicted octanol–water partition coefficient (Wildman–Crippen LogP) is 5.34.